The fraction of sp³-hybridized carbons (Fsp3) is 0.286. The number of hydrogen-bond donors (Lipinski definition) is 0. The highest BCUT2D eigenvalue weighted by Gasteiger charge is 2.18. The molecule has 0 aliphatic heterocycles. The molecule has 20 heavy (non-hydrogen) atoms. The third kappa shape index (κ3) is 3.29. The summed E-state index contributed by atoms with van der Waals surface area (Å²) in [6, 6.07) is 7.53. The van der Waals surface area contributed by atoms with Gasteiger partial charge in [0.15, 0.2) is 10.0 Å². The van der Waals surface area contributed by atoms with Gasteiger partial charge in [-0.15, -0.1) is 11.3 Å². The lowest BCUT2D eigenvalue weighted by Gasteiger charge is -2.04. The van der Waals surface area contributed by atoms with Gasteiger partial charge in [0.25, 0.3) is 0 Å². The van der Waals surface area contributed by atoms with Crippen molar-refractivity contribution < 1.29 is 14.3 Å². The first-order valence-electron chi connectivity index (χ1n) is 6.13. The Labute approximate surface area is 126 Å². The van der Waals surface area contributed by atoms with E-state index in [0.717, 1.165) is 17.7 Å². The molecule has 0 fully saturated rings. The van der Waals surface area contributed by atoms with E-state index in [4.69, 9.17) is 16.3 Å². The molecule has 0 atom stereocenters. The van der Waals surface area contributed by atoms with Gasteiger partial charge in [-0.25, -0.2) is 9.78 Å². The van der Waals surface area contributed by atoms with Crippen LogP contribution in [0.5, 0.6) is 5.75 Å². The Hall–Kier alpha value is -1.59. The monoisotopic (exact) mass is 311 g/mol. The van der Waals surface area contributed by atoms with Crippen LogP contribution in [-0.4, -0.2) is 24.7 Å². The smallest absolute Gasteiger partial charge is 0.351 e. The summed E-state index contributed by atoms with van der Waals surface area (Å²) in [5.41, 5.74) is 0.885. The molecule has 0 saturated carbocycles. The highest BCUT2D eigenvalue weighted by atomic mass is 35.5. The number of carbonyl (C=O) groups is 1. The molecule has 4 nitrogen and oxygen atoms in total. The Morgan fingerprint density at radius 2 is 2.05 bits per heavy atom. The van der Waals surface area contributed by atoms with E-state index in [1.54, 1.807) is 0 Å². The molecular formula is C14H14ClNO3S. The summed E-state index contributed by atoms with van der Waals surface area (Å²) in [7, 11) is 1.32. The minimum atomic E-state index is -0.471. The second-order valence-electron chi connectivity index (χ2n) is 4.00. The van der Waals surface area contributed by atoms with Gasteiger partial charge in [0.05, 0.1) is 13.7 Å². The molecule has 1 aromatic carbocycles. The minimum absolute atomic E-state index is 0.170. The van der Waals surface area contributed by atoms with Crippen molar-refractivity contribution in [3.05, 3.63) is 34.3 Å². The van der Waals surface area contributed by atoms with Crippen molar-refractivity contribution in [1.29, 1.82) is 0 Å². The molecule has 0 radical (unpaired) electrons. The number of nitrogens with zero attached hydrogens (tertiary/aromatic N) is 1. The van der Waals surface area contributed by atoms with Crippen LogP contribution in [0.25, 0.3) is 10.6 Å². The first kappa shape index (κ1) is 14.8. The van der Waals surface area contributed by atoms with Crippen LogP contribution in [0.1, 0.15) is 23.0 Å². The van der Waals surface area contributed by atoms with Crippen molar-refractivity contribution in [1.82, 2.24) is 4.98 Å². The molecule has 2 aromatic rings. The summed E-state index contributed by atoms with van der Waals surface area (Å²) in [6.45, 7) is 2.75. The molecule has 1 aromatic heterocycles. The molecule has 6 heteroatoms. The number of hydrogen-bond acceptors (Lipinski definition) is 5. The molecule has 0 bridgehead atoms. The summed E-state index contributed by atoms with van der Waals surface area (Å²) in [4.78, 5) is 16.0. The lowest BCUT2D eigenvalue weighted by Crippen LogP contribution is -1.98. The number of thiazole rings is 1. The van der Waals surface area contributed by atoms with Gasteiger partial charge in [-0.1, -0.05) is 18.5 Å². The molecule has 0 spiro atoms. The minimum Gasteiger partial charge on any atom is -0.494 e. The van der Waals surface area contributed by atoms with Gasteiger partial charge >= 0.3 is 5.97 Å². The van der Waals surface area contributed by atoms with Crippen LogP contribution < -0.4 is 4.74 Å². The van der Waals surface area contributed by atoms with Gasteiger partial charge in [0.2, 0.25) is 0 Å². The average Bonchev–Trinajstić information content (AvgIpc) is 2.87. The van der Waals surface area contributed by atoms with Crippen LogP contribution in [0, 0.1) is 0 Å². The van der Waals surface area contributed by atoms with Gasteiger partial charge in [-0.05, 0) is 30.7 Å². The second-order valence-corrected chi connectivity index (χ2v) is 5.36. The number of methoxy groups -OCH3 is 1. The number of esters is 1. The number of benzene rings is 1. The highest BCUT2D eigenvalue weighted by Crippen LogP contribution is 2.32. The van der Waals surface area contributed by atoms with Gasteiger partial charge in [0.1, 0.15) is 10.8 Å². The molecule has 1 heterocycles. The van der Waals surface area contributed by atoms with Crippen LogP contribution in [-0.2, 0) is 4.74 Å². The number of aromatic nitrogens is 1. The van der Waals surface area contributed by atoms with Crippen molar-refractivity contribution in [3.63, 3.8) is 0 Å². The Bertz CT molecular complexity index is 595. The number of ether oxygens (including phenoxy) is 2. The van der Waals surface area contributed by atoms with Crippen LogP contribution in [0.15, 0.2) is 24.3 Å². The lowest BCUT2D eigenvalue weighted by molar-refractivity contribution is 0.0606. The summed E-state index contributed by atoms with van der Waals surface area (Å²) in [6.07, 6.45) is 0.965. The van der Waals surface area contributed by atoms with Gasteiger partial charge < -0.3 is 9.47 Å². The molecule has 0 amide bonds. The summed E-state index contributed by atoms with van der Waals surface area (Å²) in [5, 5.41) is 0.848. The van der Waals surface area contributed by atoms with E-state index in [2.05, 4.69) is 16.6 Å². The summed E-state index contributed by atoms with van der Waals surface area (Å²) < 4.78 is 10.2. The molecule has 0 aliphatic rings. The molecule has 106 valence electrons. The number of halogens is 1. The Balaban J connectivity index is 2.21. The molecule has 0 N–H and O–H groups in total. The van der Waals surface area contributed by atoms with Crippen LogP contribution in [0.4, 0.5) is 0 Å². The zero-order valence-corrected chi connectivity index (χ0v) is 12.8. The molecule has 0 unspecified atom stereocenters. The molecule has 0 aliphatic carbocycles. The third-order valence-electron chi connectivity index (χ3n) is 2.53. The molecule has 2 rings (SSSR count). The average molecular weight is 312 g/mol. The van der Waals surface area contributed by atoms with E-state index in [-0.39, 0.29) is 5.15 Å². The van der Waals surface area contributed by atoms with Gasteiger partial charge in [-0.3, -0.25) is 0 Å². The van der Waals surface area contributed by atoms with E-state index in [0.29, 0.717) is 16.5 Å². The number of rotatable bonds is 5. The Morgan fingerprint density at radius 3 is 2.65 bits per heavy atom. The maximum Gasteiger partial charge on any atom is 0.351 e. The fourth-order valence-corrected chi connectivity index (χ4v) is 2.77. The summed E-state index contributed by atoms with van der Waals surface area (Å²) >= 11 is 7.15. The highest BCUT2D eigenvalue weighted by molar-refractivity contribution is 7.17. The van der Waals surface area contributed by atoms with E-state index >= 15 is 0 Å². The quantitative estimate of drug-likeness (QED) is 0.782. The first-order chi connectivity index (χ1) is 9.65. The van der Waals surface area contributed by atoms with E-state index in [1.165, 1.54) is 18.4 Å². The van der Waals surface area contributed by atoms with Crippen molar-refractivity contribution in [2.45, 2.75) is 13.3 Å². The molecular weight excluding hydrogens is 298 g/mol. The van der Waals surface area contributed by atoms with Crippen molar-refractivity contribution in [3.8, 4) is 16.3 Å². The normalized spacial score (nSPS) is 10.3. The SMILES string of the molecule is CCCOc1ccc(-c2nc(Cl)c(C(=O)OC)s2)cc1. The van der Waals surface area contributed by atoms with E-state index < -0.39 is 5.97 Å². The maximum absolute atomic E-state index is 11.5. The zero-order valence-electron chi connectivity index (χ0n) is 11.2. The van der Waals surface area contributed by atoms with Crippen LogP contribution in [0.3, 0.4) is 0 Å². The standard InChI is InChI=1S/C14H14ClNO3S/c1-3-8-19-10-6-4-9(5-7-10)13-16-12(15)11(20-13)14(17)18-2/h4-7H,3,8H2,1-2H3. The predicted octanol–water partition coefficient (Wildman–Crippen LogP) is 4.04. The Kier molecular flexibility index (Phi) is 4.98. The Morgan fingerprint density at radius 1 is 1.35 bits per heavy atom. The lowest BCUT2D eigenvalue weighted by atomic mass is 10.2. The predicted molar refractivity (Wildman–Crippen MR) is 79.7 cm³/mol. The van der Waals surface area contributed by atoms with E-state index in [9.17, 15) is 4.79 Å². The van der Waals surface area contributed by atoms with Crippen LogP contribution >= 0.6 is 22.9 Å². The van der Waals surface area contributed by atoms with Crippen molar-refractivity contribution >= 4 is 28.9 Å². The zero-order chi connectivity index (χ0) is 14.5. The second kappa shape index (κ2) is 6.72. The van der Waals surface area contributed by atoms with Crippen LogP contribution in [0.2, 0.25) is 5.15 Å². The maximum atomic E-state index is 11.5. The largest absolute Gasteiger partial charge is 0.494 e. The summed E-state index contributed by atoms with van der Waals surface area (Å²) in [5.74, 6) is 0.341. The number of carbonyl (C=O) groups excluding carboxylic acids is 1. The van der Waals surface area contributed by atoms with Gasteiger partial charge in [0, 0.05) is 5.56 Å². The van der Waals surface area contributed by atoms with Crippen molar-refractivity contribution in [2.24, 2.45) is 0 Å². The fourth-order valence-electron chi connectivity index (χ4n) is 1.56. The first-order valence-corrected chi connectivity index (χ1v) is 7.33. The van der Waals surface area contributed by atoms with Gasteiger partial charge in [-0.2, -0.15) is 0 Å². The molecule has 0 saturated heterocycles. The third-order valence-corrected chi connectivity index (χ3v) is 4.00. The van der Waals surface area contributed by atoms with E-state index in [1.807, 2.05) is 24.3 Å². The topological polar surface area (TPSA) is 48.4 Å². The van der Waals surface area contributed by atoms with Crippen molar-refractivity contribution in [2.75, 3.05) is 13.7 Å².